The fourth-order valence-electron chi connectivity index (χ4n) is 2.78. The van der Waals surface area contributed by atoms with E-state index in [1.807, 2.05) is 0 Å². The summed E-state index contributed by atoms with van der Waals surface area (Å²) in [6.45, 7) is 0. The third-order valence-corrected chi connectivity index (χ3v) is 3.61. The molecule has 0 radical (unpaired) electrons. The summed E-state index contributed by atoms with van der Waals surface area (Å²) in [7, 11) is 0. The lowest BCUT2D eigenvalue weighted by Crippen LogP contribution is -2.22. The zero-order valence-electron chi connectivity index (χ0n) is 10.4. The molecule has 2 aliphatic rings. The number of guanidine groups is 1. The number of rotatable bonds is 1. The Labute approximate surface area is 103 Å². The molecular formula is C13H22N4. The molecule has 2 fully saturated rings. The summed E-state index contributed by atoms with van der Waals surface area (Å²) >= 11 is 0. The number of nitrogens with two attached hydrogens (primary N) is 2. The summed E-state index contributed by atoms with van der Waals surface area (Å²) in [6, 6.07) is 0. The smallest absolute Gasteiger partial charge is 0.211 e. The Balaban J connectivity index is 2.22. The Morgan fingerprint density at radius 1 is 0.824 bits per heavy atom. The number of hydrogen-bond donors (Lipinski definition) is 2. The maximum Gasteiger partial charge on any atom is 0.211 e. The lowest BCUT2D eigenvalue weighted by Gasteiger charge is -2.23. The summed E-state index contributed by atoms with van der Waals surface area (Å²) < 4.78 is 0. The highest BCUT2D eigenvalue weighted by molar-refractivity contribution is 6.01. The van der Waals surface area contributed by atoms with Crippen LogP contribution in [0.25, 0.3) is 0 Å². The second kappa shape index (κ2) is 5.84. The van der Waals surface area contributed by atoms with Crippen molar-refractivity contribution >= 4 is 11.7 Å². The monoisotopic (exact) mass is 234 g/mol. The first-order valence-corrected chi connectivity index (χ1v) is 6.64. The van der Waals surface area contributed by atoms with E-state index < -0.39 is 0 Å². The predicted molar refractivity (Wildman–Crippen MR) is 71.8 cm³/mol. The van der Waals surface area contributed by atoms with Gasteiger partial charge in [-0.05, 0) is 56.9 Å². The molecule has 0 aliphatic heterocycles. The van der Waals surface area contributed by atoms with Gasteiger partial charge in [-0.1, -0.05) is 12.0 Å². The maximum absolute atomic E-state index is 5.34. The van der Waals surface area contributed by atoms with Crippen LogP contribution >= 0.6 is 0 Å². The molecule has 2 rings (SSSR count). The van der Waals surface area contributed by atoms with Gasteiger partial charge in [-0.25, -0.2) is 0 Å². The van der Waals surface area contributed by atoms with E-state index in [4.69, 9.17) is 11.5 Å². The minimum absolute atomic E-state index is 0.0519. The van der Waals surface area contributed by atoms with Gasteiger partial charge in [-0.15, -0.1) is 5.10 Å². The van der Waals surface area contributed by atoms with Crippen molar-refractivity contribution in [2.75, 3.05) is 0 Å². The Morgan fingerprint density at radius 2 is 1.47 bits per heavy atom. The number of hydrogen-bond acceptors (Lipinski definition) is 2. The van der Waals surface area contributed by atoms with Crippen LogP contribution < -0.4 is 11.5 Å². The molecule has 0 spiro atoms. The topological polar surface area (TPSA) is 76.8 Å². The van der Waals surface area contributed by atoms with E-state index in [0.29, 0.717) is 0 Å². The van der Waals surface area contributed by atoms with E-state index in [9.17, 15) is 0 Å². The van der Waals surface area contributed by atoms with Crippen molar-refractivity contribution < 1.29 is 0 Å². The lowest BCUT2D eigenvalue weighted by atomic mass is 9.83. The van der Waals surface area contributed by atoms with E-state index in [1.54, 1.807) is 5.57 Å². The van der Waals surface area contributed by atoms with E-state index in [0.717, 1.165) is 18.6 Å². The van der Waals surface area contributed by atoms with Crippen molar-refractivity contribution in [1.82, 2.24) is 0 Å². The van der Waals surface area contributed by atoms with Crippen LogP contribution in [0.15, 0.2) is 21.3 Å². The van der Waals surface area contributed by atoms with Crippen molar-refractivity contribution in [3.05, 3.63) is 11.1 Å². The molecular weight excluding hydrogens is 212 g/mol. The van der Waals surface area contributed by atoms with Gasteiger partial charge in [0.25, 0.3) is 0 Å². The highest BCUT2D eigenvalue weighted by atomic mass is 15.3. The molecule has 0 saturated heterocycles. The minimum atomic E-state index is 0.0519. The van der Waals surface area contributed by atoms with E-state index in [2.05, 4.69) is 10.2 Å². The van der Waals surface area contributed by atoms with Gasteiger partial charge in [0.05, 0.1) is 5.71 Å². The molecule has 17 heavy (non-hydrogen) atoms. The molecule has 0 heterocycles. The summed E-state index contributed by atoms with van der Waals surface area (Å²) in [6.07, 6.45) is 11.2. The van der Waals surface area contributed by atoms with Crippen LogP contribution in [-0.2, 0) is 0 Å². The summed E-state index contributed by atoms with van der Waals surface area (Å²) in [5.41, 5.74) is 14.9. The molecule has 2 aliphatic carbocycles. The van der Waals surface area contributed by atoms with Gasteiger partial charge in [-0.3, -0.25) is 0 Å². The highest BCUT2D eigenvalue weighted by Gasteiger charge is 2.19. The Bertz CT molecular complexity index is 354. The molecule has 0 amide bonds. The zero-order chi connectivity index (χ0) is 12.1. The van der Waals surface area contributed by atoms with Crippen molar-refractivity contribution in [3.8, 4) is 0 Å². The standard InChI is InChI=1S/C13H22N4/c14-13(15)17-16-12-9-5-4-8-11(12)10-6-2-1-3-7-10/h1-9H2,(H4,14,15,17)/b16-12-. The zero-order valence-corrected chi connectivity index (χ0v) is 10.4. The first-order valence-electron chi connectivity index (χ1n) is 6.64. The number of nitrogens with zero attached hydrogens (tertiary/aromatic N) is 2. The summed E-state index contributed by atoms with van der Waals surface area (Å²) in [5.74, 6) is 0.0519. The quantitative estimate of drug-likeness (QED) is 0.415. The maximum atomic E-state index is 5.34. The normalized spacial score (nSPS) is 23.9. The molecule has 0 aromatic rings. The first-order chi connectivity index (χ1) is 8.27. The van der Waals surface area contributed by atoms with Gasteiger partial charge in [0.1, 0.15) is 0 Å². The van der Waals surface area contributed by atoms with Crippen LogP contribution in [0.3, 0.4) is 0 Å². The van der Waals surface area contributed by atoms with Crippen LogP contribution in [0, 0.1) is 0 Å². The average molecular weight is 234 g/mol. The van der Waals surface area contributed by atoms with Gasteiger partial charge < -0.3 is 11.5 Å². The molecule has 4 N–H and O–H groups in total. The second-order valence-electron chi connectivity index (χ2n) is 4.92. The molecule has 0 aromatic carbocycles. The number of allylic oxidation sites excluding steroid dienone is 2. The van der Waals surface area contributed by atoms with Gasteiger partial charge in [0, 0.05) is 0 Å². The fourth-order valence-corrected chi connectivity index (χ4v) is 2.78. The molecule has 0 unspecified atom stereocenters. The molecule has 0 atom stereocenters. The molecule has 4 nitrogen and oxygen atoms in total. The van der Waals surface area contributed by atoms with Crippen LogP contribution in [0.2, 0.25) is 0 Å². The van der Waals surface area contributed by atoms with Gasteiger partial charge >= 0.3 is 0 Å². The summed E-state index contributed by atoms with van der Waals surface area (Å²) in [5, 5.41) is 8.06. The second-order valence-corrected chi connectivity index (χ2v) is 4.92. The van der Waals surface area contributed by atoms with Crippen LogP contribution in [0.1, 0.15) is 57.8 Å². The predicted octanol–water partition coefficient (Wildman–Crippen LogP) is 2.45. The van der Waals surface area contributed by atoms with E-state index in [-0.39, 0.29) is 5.96 Å². The van der Waals surface area contributed by atoms with Crippen LogP contribution in [0.5, 0.6) is 0 Å². The fraction of sp³-hybridized carbons (Fsp3) is 0.692. The third-order valence-electron chi connectivity index (χ3n) is 3.61. The first kappa shape index (κ1) is 12.1. The minimum Gasteiger partial charge on any atom is -0.369 e. The third kappa shape index (κ3) is 3.32. The van der Waals surface area contributed by atoms with Crippen LogP contribution in [-0.4, -0.2) is 11.7 Å². The van der Waals surface area contributed by atoms with Gasteiger partial charge in [0.2, 0.25) is 5.96 Å². The molecule has 4 heteroatoms. The van der Waals surface area contributed by atoms with Crippen LogP contribution in [0.4, 0.5) is 0 Å². The molecule has 0 bridgehead atoms. The van der Waals surface area contributed by atoms with E-state index >= 15 is 0 Å². The van der Waals surface area contributed by atoms with Crippen molar-refractivity contribution in [1.29, 1.82) is 0 Å². The largest absolute Gasteiger partial charge is 0.369 e. The van der Waals surface area contributed by atoms with Crippen molar-refractivity contribution in [2.24, 2.45) is 21.7 Å². The van der Waals surface area contributed by atoms with Crippen molar-refractivity contribution in [2.45, 2.75) is 57.8 Å². The highest BCUT2D eigenvalue weighted by Crippen LogP contribution is 2.32. The van der Waals surface area contributed by atoms with Gasteiger partial charge in [0.15, 0.2) is 0 Å². The average Bonchev–Trinajstić information content (AvgIpc) is 2.38. The SMILES string of the molecule is NC(N)=N/N=C1/CCCCC1=C1CCCCC1. The van der Waals surface area contributed by atoms with Gasteiger partial charge in [-0.2, -0.15) is 5.10 Å². The molecule has 2 saturated carbocycles. The van der Waals surface area contributed by atoms with Crippen molar-refractivity contribution in [3.63, 3.8) is 0 Å². The molecule has 94 valence electrons. The summed E-state index contributed by atoms with van der Waals surface area (Å²) in [4.78, 5) is 0. The lowest BCUT2D eigenvalue weighted by molar-refractivity contribution is 0.587. The van der Waals surface area contributed by atoms with E-state index in [1.165, 1.54) is 50.5 Å². The Morgan fingerprint density at radius 3 is 2.18 bits per heavy atom. The molecule has 0 aromatic heterocycles. The Kier molecular flexibility index (Phi) is 4.18. The Hall–Kier alpha value is -1.32.